The normalized spacial score (nSPS) is 31.5. The highest BCUT2D eigenvalue weighted by molar-refractivity contribution is 5.79. The molecule has 0 aromatic heterocycles. The molecular formula is C19H27FN4O2. The molecule has 1 amide bonds. The summed E-state index contributed by atoms with van der Waals surface area (Å²) in [4.78, 5) is 15.0. The summed E-state index contributed by atoms with van der Waals surface area (Å²) < 4.78 is 18.8. The molecule has 4 atom stereocenters. The predicted molar refractivity (Wildman–Crippen MR) is 95.5 cm³/mol. The van der Waals surface area contributed by atoms with Crippen LogP contribution in [0, 0.1) is 17.7 Å². The summed E-state index contributed by atoms with van der Waals surface area (Å²) in [6.07, 6.45) is 4.94. The first-order chi connectivity index (χ1) is 12.7. The Bertz CT molecular complexity index is 626. The molecule has 0 spiro atoms. The van der Waals surface area contributed by atoms with Gasteiger partial charge in [-0.15, -0.1) is 0 Å². The molecule has 1 aromatic rings. The second kappa shape index (κ2) is 7.90. The molecule has 6 nitrogen and oxygen atoms in total. The van der Waals surface area contributed by atoms with Gasteiger partial charge < -0.3 is 9.64 Å². The molecule has 1 aromatic carbocycles. The molecule has 3 N–H and O–H groups in total. The quantitative estimate of drug-likeness (QED) is 0.759. The van der Waals surface area contributed by atoms with E-state index in [9.17, 15) is 9.18 Å². The van der Waals surface area contributed by atoms with Gasteiger partial charge in [-0.1, -0.05) is 0 Å². The first-order valence-corrected chi connectivity index (χ1v) is 9.62. The van der Waals surface area contributed by atoms with E-state index in [0.29, 0.717) is 36.3 Å². The summed E-state index contributed by atoms with van der Waals surface area (Å²) in [5.74, 6) is 1.16. The number of rotatable bonds is 4. The van der Waals surface area contributed by atoms with E-state index in [1.165, 1.54) is 12.1 Å². The number of piperidine rings is 1. The molecular weight excluding hydrogens is 335 g/mol. The summed E-state index contributed by atoms with van der Waals surface area (Å²) in [5.41, 5.74) is 9.41. The fourth-order valence-electron chi connectivity index (χ4n) is 4.36. The number of carbonyl (C=O) groups is 1. The maximum absolute atomic E-state index is 13.0. The van der Waals surface area contributed by atoms with E-state index in [-0.39, 0.29) is 11.7 Å². The van der Waals surface area contributed by atoms with Crippen molar-refractivity contribution in [3.63, 3.8) is 0 Å². The lowest BCUT2D eigenvalue weighted by Gasteiger charge is -2.37. The number of hydrazine groups is 2. The van der Waals surface area contributed by atoms with Crippen LogP contribution in [0.15, 0.2) is 24.3 Å². The predicted octanol–water partition coefficient (Wildman–Crippen LogP) is 1.59. The van der Waals surface area contributed by atoms with Crippen molar-refractivity contribution in [2.75, 3.05) is 19.7 Å². The Morgan fingerprint density at radius 3 is 2.81 bits per heavy atom. The Hall–Kier alpha value is -1.70. The zero-order valence-corrected chi connectivity index (χ0v) is 14.9. The molecule has 7 heteroatoms. The standard InChI is InChI=1S/C19H27FN4O2/c20-15-4-6-16(7-5-15)26-12-13-2-1-9-24(11-13)19(25)14-3-8-17-18(10-14)22-23-21-17/h4-7,13-14,17-18,21-23H,1-3,8-12H2. The number of amides is 1. The third-order valence-corrected chi connectivity index (χ3v) is 5.84. The lowest BCUT2D eigenvalue weighted by atomic mass is 9.82. The molecule has 4 rings (SSSR count). The largest absolute Gasteiger partial charge is 0.493 e. The van der Waals surface area contributed by atoms with Crippen molar-refractivity contribution < 1.29 is 13.9 Å². The van der Waals surface area contributed by atoms with Crippen molar-refractivity contribution in [1.29, 1.82) is 0 Å². The van der Waals surface area contributed by atoms with Crippen LogP contribution in [-0.2, 0) is 4.79 Å². The smallest absolute Gasteiger partial charge is 0.225 e. The third-order valence-electron chi connectivity index (χ3n) is 5.84. The maximum Gasteiger partial charge on any atom is 0.225 e. The number of nitrogens with zero attached hydrogens (tertiary/aromatic N) is 1. The van der Waals surface area contributed by atoms with Crippen LogP contribution >= 0.6 is 0 Å². The van der Waals surface area contributed by atoms with E-state index in [1.54, 1.807) is 12.1 Å². The number of likely N-dealkylation sites (tertiary alicyclic amines) is 1. The zero-order valence-electron chi connectivity index (χ0n) is 14.9. The molecule has 3 aliphatic rings. The van der Waals surface area contributed by atoms with Gasteiger partial charge >= 0.3 is 0 Å². The van der Waals surface area contributed by atoms with Crippen molar-refractivity contribution in [3.05, 3.63) is 30.1 Å². The fraction of sp³-hybridized carbons (Fsp3) is 0.632. The summed E-state index contributed by atoms with van der Waals surface area (Å²) >= 11 is 0. The number of ether oxygens (including phenoxy) is 1. The molecule has 1 aliphatic carbocycles. The molecule has 1 saturated carbocycles. The highest BCUT2D eigenvalue weighted by Gasteiger charge is 2.38. The molecule has 0 bridgehead atoms. The Labute approximate surface area is 153 Å². The van der Waals surface area contributed by atoms with Gasteiger partial charge in [0.05, 0.1) is 6.61 Å². The highest BCUT2D eigenvalue weighted by atomic mass is 19.1. The van der Waals surface area contributed by atoms with Crippen molar-refractivity contribution in [1.82, 2.24) is 21.3 Å². The van der Waals surface area contributed by atoms with Crippen LogP contribution in [0.5, 0.6) is 5.75 Å². The van der Waals surface area contributed by atoms with E-state index in [0.717, 1.165) is 45.2 Å². The molecule has 142 valence electrons. The van der Waals surface area contributed by atoms with Gasteiger partial charge in [-0.05, 0) is 56.4 Å². The number of fused-ring (bicyclic) bond motifs is 1. The van der Waals surface area contributed by atoms with Crippen LogP contribution in [0.4, 0.5) is 4.39 Å². The molecule has 2 aliphatic heterocycles. The Morgan fingerprint density at radius 2 is 1.96 bits per heavy atom. The van der Waals surface area contributed by atoms with Crippen molar-refractivity contribution in [2.24, 2.45) is 11.8 Å². The third kappa shape index (κ3) is 4.00. The summed E-state index contributed by atoms with van der Waals surface area (Å²) in [6, 6.07) is 6.87. The Morgan fingerprint density at radius 1 is 1.15 bits per heavy atom. The summed E-state index contributed by atoms with van der Waals surface area (Å²) in [6.45, 7) is 2.18. The minimum absolute atomic E-state index is 0.113. The molecule has 3 fully saturated rings. The van der Waals surface area contributed by atoms with E-state index in [1.807, 2.05) is 4.90 Å². The van der Waals surface area contributed by atoms with Crippen LogP contribution < -0.4 is 21.1 Å². The van der Waals surface area contributed by atoms with Crippen LogP contribution in [-0.4, -0.2) is 42.6 Å². The summed E-state index contributed by atoms with van der Waals surface area (Å²) in [7, 11) is 0. The van der Waals surface area contributed by atoms with Crippen molar-refractivity contribution >= 4 is 5.91 Å². The van der Waals surface area contributed by atoms with Crippen LogP contribution in [0.1, 0.15) is 32.1 Å². The van der Waals surface area contributed by atoms with Gasteiger partial charge in [-0.25, -0.2) is 15.2 Å². The molecule has 2 saturated heterocycles. The molecule has 4 unspecified atom stereocenters. The van der Waals surface area contributed by atoms with Crippen LogP contribution in [0.2, 0.25) is 0 Å². The lowest BCUT2D eigenvalue weighted by molar-refractivity contribution is -0.139. The zero-order chi connectivity index (χ0) is 17.9. The van der Waals surface area contributed by atoms with Crippen molar-refractivity contribution in [3.8, 4) is 5.75 Å². The van der Waals surface area contributed by atoms with Gasteiger partial charge in [-0.3, -0.25) is 4.79 Å². The van der Waals surface area contributed by atoms with E-state index in [4.69, 9.17) is 4.74 Å². The number of halogens is 1. The van der Waals surface area contributed by atoms with Gasteiger partial charge in [0.15, 0.2) is 0 Å². The van der Waals surface area contributed by atoms with E-state index >= 15 is 0 Å². The van der Waals surface area contributed by atoms with Gasteiger partial charge in [0.25, 0.3) is 0 Å². The molecule has 26 heavy (non-hydrogen) atoms. The second-order valence-electron chi connectivity index (χ2n) is 7.69. The molecule has 2 heterocycles. The van der Waals surface area contributed by atoms with Crippen LogP contribution in [0.25, 0.3) is 0 Å². The number of carbonyl (C=O) groups excluding carboxylic acids is 1. The second-order valence-corrected chi connectivity index (χ2v) is 7.69. The highest BCUT2D eigenvalue weighted by Crippen LogP contribution is 2.29. The van der Waals surface area contributed by atoms with Gasteiger partial charge in [-0.2, -0.15) is 5.53 Å². The first-order valence-electron chi connectivity index (χ1n) is 9.62. The fourth-order valence-corrected chi connectivity index (χ4v) is 4.36. The monoisotopic (exact) mass is 362 g/mol. The first kappa shape index (κ1) is 17.7. The maximum atomic E-state index is 13.0. The van der Waals surface area contributed by atoms with E-state index < -0.39 is 0 Å². The van der Waals surface area contributed by atoms with Gasteiger partial charge in [0.2, 0.25) is 5.91 Å². The SMILES string of the molecule is O=C(C1CCC2NNNC2C1)N1CCCC(COc2ccc(F)cc2)C1. The average molecular weight is 362 g/mol. The van der Waals surface area contributed by atoms with Crippen molar-refractivity contribution in [2.45, 2.75) is 44.2 Å². The number of nitrogens with one attached hydrogen (secondary N) is 3. The van der Waals surface area contributed by atoms with Crippen LogP contribution in [0.3, 0.4) is 0 Å². The lowest BCUT2D eigenvalue weighted by Crippen LogP contribution is -2.48. The Balaban J connectivity index is 1.28. The van der Waals surface area contributed by atoms with E-state index in [2.05, 4.69) is 16.4 Å². The number of benzene rings is 1. The Kier molecular flexibility index (Phi) is 5.38. The van der Waals surface area contributed by atoms with Gasteiger partial charge in [0.1, 0.15) is 11.6 Å². The van der Waals surface area contributed by atoms with Gasteiger partial charge in [0, 0.05) is 37.0 Å². The number of hydrogen-bond acceptors (Lipinski definition) is 5. The summed E-state index contributed by atoms with van der Waals surface area (Å²) in [5, 5.41) is 0. The minimum Gasteiger partial charge on any atom is -0.493 e. The minimum atomic E-state index is -0.260. The molecule has 0 radical (unpaired) electrons. The average Bonchev–Trinajstić information content (AvgIpc) is 3.15. The topological polar surface area (TPSA) is 65.6 Å². The number of hydrogen-bond donors (Lipinski definition) is 3.